The number of hydrogen-bond donors (Lipinski definition) is 0. The van der Waals surface area contributed by atoms with Gasteiger partial charge in [-0.05, 0) is 36.8 Å². The third kappa shape index (κ3) is 4.84. The van der Waals surface area contributed by atoms with Crippen molar-refractivity contribution in [2.75, 3.05) is 19.7 Å². The van der Waals surface area contributed by atoms with Crippen molar-refractivity contribution < 1.29 is 9.53 Å². The van der Waals surface area contributed by atoms with Crippen LogP contribution in [0, 0.1) is 0 Å². The molecule has 0 N–H and O–H groups in total. The van der Waals surface area contributed by atoms with Gasteiger partial charge in [0.25, 0.3) is 0 Å². The fourth-order valence-electron chi connectivity index (χ4n) is 2.74. The normalized spacial score (nSPS) is 18.1. The highest BCUT2D eigenvalue weighted by atomic mass is 32.1. The molecule has 0 spiro atoms. The van der Waals surface area contributed by atoms with Gasteiger partial charge in [-0.15, -0.1) is 11.3 Å². The predicted molar refractivity (Wildman–Crippen MR) is 89.3 cm³/mol. The number of nitrogens with zero attached hydrogens (tertiary/aromatic N) is 3. The maximum atomic E-state index is 12.4. The molecule has 6 heteroatoms. The first-order chi connectivity index (χ1) is 11.3. The molecule has 0 aliphatic carbocycles. The van der Waals surface area contributed by atoms with Crippen molar-refractivity contribution >= 4 is 17.2 Å². The molecule has 5 nitrogen and oxygen atoms in total. The first kappa shape index (κ1) is 16.1. The molecule has 23 heavy (non-hydrogen) atoms. The van der Waals surface area contributed by atoms with E-state index in [4.69, 9.17) is 4.74 Å². The van der Waals surface area contributed by atoms with E-state index < -0.39 is 0 Å². The summed E-state index contributed by atoms with van der Waals surface area (Å²) < 4.78 is 5.80. The Labute approximate surface area is 140 Å². The minimum absolute atomic E-state index is 0.101. The fourth-order valence-corrected chi connectivity index (χ4v) is 3.45. The number of rotatable bonds is 6. The van der Waals surface area contributed by atoms with Gasteiger partial charge in [0.2, 0.25) is 5.91 Å². The van der Waals surface area contributed by atoms with Crippen LogP contribution in [0.1, 0.15) is 23.4 Å². The molecule has 1 atom stereocenters. The van der Waals surface area contributed by atoms with Gasteiger partial charge in [0.05, 0.1) is 12.7 Å². The molecule has 2 aromatic rings. The maximum absolute atomic E-state index is 12.4. The number of amides is 1. The molecule has 0 radical (unpaired) electrons. The smallest absolute Gasteiger partial charge is 0.223 e. The molecule has 1 aliphatic heterocycles. The van der Waals surface area contributed by atoms with E-state index in [1.807, 2.05) is 17.0 Å². The van der Waals surface area contributed by atoms with Gasteiger partial charge in [-0.3, -0.25) is 4.79 Å². The number of carbonyl (C=O) groups is 1. The van der Waals surface area contributed by atoms with Crippen LogP contribution in [0.5, 0.6) is 0 Å². The zero-order chi connectivity index (χ0) is 15.9. The summed E-state index contributed by atoms with van der Waals surface area (Å²) in [6.45, 7) is 2.01. The second-order valence-electron chi connectivity index (χ2n) is 5.65. The fraction of sp³-hybridized carbons (Fsp3) is 0.471. The SMILES string of the molecule is O=C(CCc1cccs1)N1CCO[C@@H](CCc2ccncn2)C1. The van der Waals surface area contributed by atoms with Gasteiger partial charge in [0.1, 0.15) is 6.33 Å². The summed E-state index contributed by atoms with van der Waals surface area (Å²) in [6.07, 6.45) is 6.57. The summed E-state index contributed by atoms with van der Waals surface area (Å²) in [4.78, 5) is 23.7. The third-order valence-corrected chi connectivity index (χ3v) is 4.96. The van der Waals surface area contributed by atoms with Crippen molar-refractivity contribution in [3.05, 3.63) is 46.7 Å². The third-order valence-electron chi connectivity index (χ3n) is 4.02. The molecule has 0 bridgehead atoms. The van der Waals surface area contributed by atoms with E-state index in [0.717, 1.165) is 25.0 Å². The highest BCUT2D eigenvalue weighted by molar-refractivity contribution is 7.09. The number of aryl methyl sites for hydroxylation is 2. The van der Waals surface area contributed by atoms with E-state index in [2.05, 4.69) is 21.4 Å². The Morgan fingerprint density at radius 1 is 1.39 bits per heavy atom. The van der Waals surface area contributed by atoms with Gasteiger partial charge in [-0.25, -0.2) is 9.97 Å². The lowest BCUT2D eigenvalue weighted by Gasteiger charge is -2.33. The van der Waals surface area contributed by atoms with Gasteiger partial charge >= 0.3 is 0 Å². The topological polar surface area (TPSA) is 55.3 Å². The largest absolute Gasteiger partial charge is 0.375 e. The van der Waals surface area contributed by atoms with E-state index in [1.54, 1.807) is 23.9 Å². The first-order valence-corrected chi connectivity index (χ1v) is 8.86. The predicted octanol–water partition coefficient (Wildman–Crippen LogP) is 2.33. The average molecular weight is 331 g/mol. The van der Waals surface area contributed by atoms with Crippen LogP contribution in [0.15, 0.2) is 36.1 Å². The zero-order valence-electron chi connectivity index (χ0n) is 13.1. The van der Waals surface area contributed by atoms with Crippen molar-refractivity contribution in [1.82, 2.24) is 14.9 Å². The highest BCUT2D eigenvalue weighted by Crippen LogP contribution is 2.15. The van der Waals surface area contributed by atoms with E-state index in [0.29, 0.717) is 26.1 Å². The van der Waals surface area contributed by atoms with Crippen LogP contribution < -0.4 is 0 Å². The minimum Gasteiger partial charge on any atom is -0.375 e. The molecule has 1 saturated heterocycles. The van der Waals surface area contributed by atoms with Crippen LogP contribution in [0.4, 0.5) is 0 Å². The Kier molecular flexibility index (Phi) is 5.71. The van der Waals surface area contributed by atoms with Crippen LogP contribution in [-0.2, 0) is 22.4 Å². The molecular weight excluding hydrogens is 310 g/mol. The highest BCUT2D eigenvalue weighted by Gasteiger charge is 2.23. The summed E-state index contributed by atoms with van der Waals surface area (Å²) in [6, 6.07) is 6.04. The standard InChI is InChI=1S/C17H21N3O2S/c21-17(6-5-16-2-1-11-23-16)20-9-10-22-15(12-20)4-3-14-7-8-18-13-19-14/h1-2,7-8,11,13,15H,3-6,9-10,12H2/t15-/m0/s1. The molecule has 0 saturated carbocycles. The Morgan fingerprint density at radius 3 is 3.13 bits per heavy atom. The number of morpholine rings is 1. The lowest BCUT2D eigenvalue weighted by molar-refractivity contribution is -0.138. The monoisotopic (exact) mass is 331 g/mol. The molecule has 1 fully saturated rings. The van der Waals surface area contributed by atoms with Crippen molar-refractivity contribution in [3.63, 3.8) is 0 Å². The number of carbonyl (C=O) groups excluding carboxylic acids is 1. The van der Waals surface area contributed by atoms with Gasteiger partial charge in [0, 0.05) is 36.3 Å². The summed E-state index contributed by atoms with van der Waals surface area (Å²) in [5.41, 5.74) is 1.02. The molecular formula is C17H21N3O2S. The average Bonchev–Trinajstić information content (AvgIpc) is 3.12. The Bertz CT molecular complexity index is 604. The number of ether oxygens (including phenoxy) is 1. The van der Waals surface area contributed by atoms with Crippen molar-refractivity contribution in [2.45, 2.75) is 31.8 Å². The summed E-state index contributed by atoms with van der Waals surface area (Å²) in [7, 11) is 0. The molecule has 3 heterocycles. The van der Waals surface area contributed by atoms with Gasteiger partial charge < -0.3 is 9.64 Å². The second kappa shape index (κ2) is 8.17. The zero-order valence-corrected chi connectivity index (χ0v) is 13.9. The molecule has 3 rings (SSSR count). The maximum Gasteiger partial charge on any atom is 0.223 e. The Balaban J connectivity index is 1.44. The van der Waals surface area contributed by atoms with Crippen LogP contribution in [0.2, 0.25) is 0 Å². The van der Waals surface area contributed by atoms with Crippen LogP contribution in [-0.4, -0.2) is 46.6 Å². The first-order valence-electron chi connectivity index (χ1n) is 7.98. The van der Waals surface area contributed by atoms with Crippen LogP contribution in [0.25, 0.3) is 0 Å². The number of aromatic nitrogens is 2. The van der Waals surface area contributed by atoms with E-state index in [1.165, 1.54) is 4.88 Å². The lowest BCUT2D eigenvalue weighted by atomic mass is 10.1. The molecule has 1 amide bonds. The Morgan fingerprint density at radius 2 is 2.35 bits per heavy atom. The number of hydrogen-bond acceptors (Lipinski definition) is 5. The van der Waals surface area contributed by atoms with Crippen molar-refractivity contribution in [1.29, 1.82) is 0 Å². The van der Waals surface area contributed by atoms with E-state index in [9.17, 15) is 4.79 Å². The van der Waals surface area contributed by atoms with Crippen molar-refractivity contribution in [2.24, 2.45) is 0 Å². The van der Waals surface area contributed by atoms with E-state index >= 15 is 0 Å². The van der Waals surface area contributed by atoms with Gasteiger partial charge in [0.15, 0.2) is 0 Å². The molecule has 1 aliphatic rings. The van der Waals surface area contributed by atoms with Crippen LogP contribution >= 0.6 is 11.3 Å². The number of thiophene rings is 1. The van der Waals surface area contributed by atoms with Gasteiger partial charge in [-0.1, -0.05) is 6.07 Å². The summed E-state index contributed by atoms with van der Waals surface area (Å²) in [5.74, 6) is 0.230. The van der Waals surface area contributed by atoms with Gasteiger partial charge in [-0.2, -0.15) is 0 Å². The van der Waals surface area contributed by atoms with Crippen molar-refractivity contribution in [3.8, 4) is 0 Å². The van der Waals surface area contributed by atoms with E-state index in [-0.39, 0.29) is 12.0 Å². The Hall–Kier alpha value is -1.79. The lowest BCUT2D eigenvalue weighted by Crippen LogP contribution is -2.45. The quantitative estimate of drug-likeness (QED) is 0.815. The minimum atomic E-state index is 0.101. The molecule has 0 unspecified atom stereocenters. The molecule has 0 aromatic carbocycles. The summed E-state index contributed by atoms with van der Waals surface area (Å²) >= 11 is 1.71. The molecule has 2 aromatic heterocycles. The second-order valence-corrected chi connectivity index (χ2v) is 6.68. The summed E-state index contributed by atoms with van der Waals surface area (Å²) in [5, 5.41) is 2.05. The molecule has 122 valence electrons. The van der Waals surface area contributed by atoms with Crippen LogP contribution in [0.3, 0.4) is 0 Å².